The van der Waals surface area contributed by atoms with E-state index in [4.69, 9.17) is 15.0 Å². The van der Waals surface area contributed by atoms with Crippen molar-refractivity contribution in [2.24, 2.45) is 5.73 Å². The van der Waals surface area contributed by atoms with Crippen molar-refractivity contribution in [1.82, 2.24) is 15.0 Å². The number of aromatic nitrogens is 2. The van der Waals surface area contributed by atoms with Crippen molar-refractivity contribution in [2.75, 3.05) is 13.2 Å². The molecule has 1 aliphatic heterocycles. The van der Waals surface area contributed by atoms with E-state index in [9.17, 15) is 4.79 Å². The van der Waals surface area contributed by atoms with Crippen LogP contribution in [0.3, 0.4) is 0 Å². The maximum absolute atomic E-state index is 11.7. The molecule has 24 heavy (non-hydrogen) atoms. The molecule has 1 aromatic heterocycles. The van der Waals surface area contributed by atoms with Crippen molar-refractivity contribution in [3.63, 3.8) is 0 Å². The van der Waals surface area contributed by atoms with Crippen molar-refractivity contribution < 1.29 is 14.1 Å². The Bertz CT molecular complexity index is 673. The average Bonchev–Trinajstić information content (AvgIpc) is 3.01. The molecule has 1 aliphatic rings. The minimum absolute atomic E-state index is 0.239. The molecule has 7 heteroatoms. The largest absolute Gasteiger partial charge is 0.375 e. The molecule has 0 aliphatic carbocycles. The van der Waals surface area contributed by atoms with Crippen LogP contribution in [0, 0.1) is 0 Å². The average molecular weight is 330 g/mol. The van der Waals surface area contributed by atoms with Gasteiger partial charge in [0.05, 0.1) is 19.3 Å². The standard InChI is InChI=1S/C17H22N4O3/c1-12-16(17(18)22)21(9-10-23-12)11-15-19-14(20-24-15)8-7-13-5-3-2-4-6-13/h2-6,12,16H,7-11H2,1H3,(H2,18,22)/t12-,16+/m1/s1. The summed E-state index contributed by atoms with van der Waals surface area (Å²) in [5.74, 6) is 0.773. The molecule has 7 nitrogen and oxygen atoms in total. The van der Waals surface area contributed by atoms with Crippen molar-refractivity contribution in [3.8, 4) is 0 Å². The van der Waals surface area contributed by atoms with E-state index in [-0.39, 0.29) is 6.10 Å². The highest BCUT2D eigenvalue weighted by Crippen LogP contribution is 2.16. The lowest BCUT2D eigenvalue weighted by atomic mass is 10.1. The van der Waals surface area contributed by atoms with Crippen molar-refractivity contribution in [3.05, 3.63) is 47.6 Å². The smallest absolute Gasteiger partial charge is 0.240 e. The molecule has 0 unspecified atom stereocenters. The van der Waals surface area contributed by atoms with E-state index < -0.39 is 11.9 Å². The first-order chi connectivity index (χ1) is 11.6. The van der Waals surface area contributed by atoms with E-state index in [0.29, 0.717) is 37.8 Å². The highest BCUT2D eigenvalue weighted by atomic mass is 16.5. The second-order valence-electron chi connectivity index (χ2n) is 5.98. The van der Waals surface area contributed by atoms with Gasteiger partial charge in [0.25, 0.3) is 0 Å². The first-order valence-electron chi connectivity index (χ1n) is 8.14. The van der Waals surface area contributed by atoms with Crippen LogP contribution in [0.4, 0.5) is 0 Å². The number of hydrogen-bond donors (Lipinski definition) is 1. The van der Waals surface area contributed by atoms with Gasteiger partial charge in [-0.1, -0.05) is 35.5 Å². The van der Waals surface area contributed by atoms with E-state index in [1.54, 1.807) is 0 Å². The van der Waals surface area contributed by atoms with Gasteiger partial charge in [0, 0.05) is 13.0 Å². The summed E-state index contributed by atoms with van der Waals surface area (Å²) in [6.45, 7) is 3.42. The Labute approximate surface area is 140 Å². The number of morpholine rings is 1. The zero-order valence-corrected chi connectivity index (χ0v) is 13.7. The molecule has 0 spiro atoms. The first kappa shape index (κ1) is 16.6. The zero-order valence-electron chi connectivity index (χ0n) is 13.7. The number of nitrogens with two attached hydrogens (primary N) is 1. The number of carbonyl (C=O) groups is 1. The minimum atomic E-state index is -0.474. The molecule has 2 atom stereocenters. The van der Waals surface area contributed by atoms with E-state index in [1.165, 1.54) is 5.56 Å². The topological polar surface area (TPSA) is 94.5 Å². The molecule has 1 aromatic carbocycles. The van der Waals surface area contributed by atoms with Gasteiger partial charge in [0.15, 0.2) is 5.82 Å². The van der Waals surface area contributed by atoms with Gasteiger partial charge in [-0.3, -0.25) is 9.69 Å². The fraction of sp³-hybridized carbons (Fsp3) is 0.471. The fourth-order valence-electron chi connectivity index (χ4n) is 3.00. The second-order valence-corrected chi connectivity index (χ2v) is 5.98. The number of aryl methyl sites for hydroxylation is 2. The molecule has 2 N–H and O–H groups in total. The summed E-state index contributed by atoms with van der Waals surface area (Å²) in [6.07, 6.45) is 1.33. The predicted octanol–water partition coefficient (Wildman–Crippen LogP) is 0.929. The summed E-state index contributed by atoms with van der Waals surface area (Å²) in [5.41, 5.74) is 6.73. The molecule has 2 heterocycles. The normalized spacial score (nSPS) is 21.7. The van der Waals surface area contributed by atoms with Gasteiger partial charge in [0.1, 0.15) is 6.04 Å². The van der Waals surface area contributed by atoms with Gasteiger partial charge in [0.2, 0.25) is 11.8 Å². The number of hydrogen-bond acceptors (Lipinski definition) is 6. The summed E-state index contributed by atoms with van der Waals surface area (Å²) in [7, 11) is 0. The van der Waals surface area contributed by atoms with E-state index in [2.05, 4.69) is 22.3 Å². The second kappa shape index (κ2) is 7.55. The number of amides is 1. The third kappa shape index (κ3) is 3.98. The number of ether oxygens (including phenoxy) is 1. The molecule has 1 fully saturated rings. The van der Waals surface area contributed by atoms with Gasteiger partial charge in [-0.15, -0.1) is 0 Å². The van der Waals surface area contributed by atoms with Crippen LogP contribution in [0.2, 0.25) is 0 Å². The maximum Gasteiger partial charge on any atom is 0.240 e. The monoisotopic (exact) mass is 330 g/mol. The van der Waals surface area contributed by atoms with Crippen LogP contribution >= 0.6 is 0 Å². The Hall–Kier alpha value is -2.25. The summed E-state index contributed by atoms with van der Waals surface area (Å²) in [6, 6.07) is 9.70. The van der Waals surface area contributed by atoms with Gasteiger partial charge in [-0.25, -0.2) is 0 Å². The highest BCUT2D eigenvalue weighted by molar-refractivity contribution is 5.80. The highest BCUT2D eigenvalue weighted by Gasteiger charge is 2.34. The van der Waals surface area contributed by atoms with Gasteiger partial charge in [-0.2, -0.15) is 4.98 Å². The number of carbonyl (C=O) groups excluding carboxylic acids is 1. The summed E-state index contributed by atoms with van der Waals surface area (Å²) >= 11 is 0. The quantitative estimate of drug-likeness (QED) is 0.847. The number of rotatable bonds is 6. The molecule has 128 valence electrons. The number of nitrogens with zero attached hydrogens (tertiary/aromatic N) is 3. The Kier molecular flexibility index (Phi) is 5.22. The van der Waals surface area contributed by atoms with E-state index in [0.717, 1.165) is 6.42 Å². The Morgan fingerprint density at radius 1 is 1.33 bits per heavy atom. The van der Waals surface area contributed by atoms with E-state index in [1.807, 2.05) is 30.0 Å². The Morgan fingerprint density at radius 3 is 2.88 bits per heavy atom. The van der Waals surface area contributed by atoms with Gasteiger partial charge in [-0.05, 0) is 18.9 Å². The van der Waals surface area contributed by atoms with Crippen molar-refractivity contribution in [2.45, 2.75) is 38.5 Å². The Balaban J connectivity index is 1.60. The van der Waals surface area contributed by atoms with Crippen LogP contribution in [0.25, 0.3) is 0 Å². The molecule has 0 bridgehead atoms. The third-order valence-corrected chi connectivity index (χ3v) is 4.22. The molecule has 1 saturated heterocycles. The lowest BCUT2D eigenvalue weighted by molar-refractivity contribution is -0.136. The van der Waals surface area contributed by atoms with Crippen LogP contribution in [-0.4, -0.2) is 46.2 Å². The summed E-state index contributed by atoms with van der Waals surface area (Å²) in [4.78, 5) is 18.0. The van der Waals surface area contributed by atoms with Crippen LogP contribution in [0.1, 0.15) is 24.2 Å². The van der Waals surface area contributed by atoms with Gasteiger partial charge < -0.3 is 15.0 Å². The van der Waals surface area contributed by atoms with Crippen molar-refractivity contribution >= 4 is 5.91 Å². The molecule has 2 aromatic rings. The predicted molar refractivity (Wildman–Crippen MR) is 87.0 cm³/mol. The van der Waals surface area contributed by atoms with Gasteiger partial charge >= 0.3 is 0 Å². The lowest BCUT2D eigenvalue weighted by Gasteiger charge is -2.36. The molecular weight excluding hydrogens is 308 g/mol. The van der Waals surface area contributed by atoms with Crippen LogP contribution in [0.15, 0.2) is 34.9 Å². The third-order valence-electron chi connectivity index (χ3n) is 4.22. The zero-order chi connectivity index (χ0) is 16.9. The number of benzene rings is 1. The first-order valence-corrected chi connectivity index (χ1v) is 8.14. The van der Waals surface area contributed by atoms with E-state index >= 15 is 0 Å². The lowest BCUT2D eigenvalue weighted by Crippen LogP contribution is -2.56. The van der Waals surface area contributed by atoms with Crippen LogP contribution in [-0.2, 0) is 28.9 Å². The fourth-order valence-corrected chi connectivity index (χ4v) is 3.00. The maximum atomic E-state index is 11.7. The van der Waals surface area contributed by atoms with Crippen LogP contribution < -0.4 is 5.73 Å². The molecule has 0 radical (unpaired) electrons. The molecule has 1 amide bonds. The minimum Gasteiger partial charge on any atom is -0.375 e. The summed E-state index contributed by atoms with van der Waals surface area (Å²) in [5, 5.41) is 4.03. The SMILES string of the molecule is C[C@H]1OCCN(Cc2nc(CCc3ccccc3)no2)[C@@H]1C(N)=O. The molecular formula is C17H22N4O3. The number of primary amides is 1. The molecule has 3 rings (SSSR count). The Morgan fingerprint density at radius 2 is 2.12 bits per heavy atom. The molecule has 0 saturated carbocycles. The van der Waals surface area contributed by atoms with Crippen molar-refractivity contribution in [1.29, 1.82) is 0 Å². The van der Waals surface area contributed by atoms with Crippen LogP contribution in [0.5, 0.6) is 0 Å². The summed E-state index contributed by atoms with van der Waals surface area (Å²) < 4.78 is 10.8.